The Kier molecular flexibility index (Phi) is 2.89. The molecule has 19 heavy (non-hydrogen) atoms. The van der Waals surface area contributed by atoms with Crippen molar-refractivity contribution in [3.63, 3.8) is 0 Å². The molecule has 2 N–H and O–H groups in total. The number of aliphatic hydroxyl groups excluding tert-OH is 2. The molecule has 1 aliphatic carbocycles. The van der Waals surface area contributed by atoms with Crippen LogP contribution in [0.15, 0.2) is 48.8 Å². The van der Waals surface area contributed by atoms with Crippen molar-refractivity contribution in [1.82, 2.24) is 4.57 Å². The molecule has 1 aromatic heterocycles. The molecular formula is C15H15NO3. The van der Waals surface area contributed by atoms with Crippen LogP contribution in [0.1, 0.15) is 23.3 Å². The van der Waals surface area contributed by atoms with E-state index in [1.54, 1.807) is 25.3 Å². The summed E-state index contributed by atoms with van der Waals surface area (Å²) in [5.74, 6) is 0.663. The summed E-state index contributed by atoms with van der Waals surface area (Å²) in [7, 11) is 1.59. The maximum Gasteiger partial charge on any atom is 0.143 e. The number of ether oxygens (including phenoxy) is 1. The summed E-state index contributed by atoms with van der Waals surface area (Å²) in [4.78, 5) is 0. The van der Waals surface area contributed by atoms with Crippen LogP contribution in [-0.4, -0.2) is 21.9 Å². The van der Waals surface area contributed by atoms with Gasteiger partial charge in [-0.2, -0.15) is 0 Å². The van der Waals surface area contributed by atoms with Crippen LogP contribution in [0.3, 0.4) is 0 Å². The number of aliphatic hydroxyl groups is 2. The topological polar surface area (TPSA) is 54.6 Å². The third kappa shape index (κ3) is 1.85. The Hall–Kier alpha value is -2.04. The first kappa shape index (κ1) is 12.0. The average molecular weight is 257 g/mol. The molecule has 2 unspecified atom stereocenters. The Morgan fingerprint density at radius 2 is 1.74 bits per heavy atom. The third-order valence-electron chi connectivity index (χ3n) is 3.39. The molecule has 1 heterocycles. The lowest BCUT2D eigenvalue weighted by atomic mass is 9.90. The first-order chi connectivity index (χ1) is 9.22. The molecule has 1 aromatic carbocycles. The van der Waals surface area contributed by atoms with Crippen molar-refractivity contribution >= 4 is 0 Å². The molecule has 0 fully saturated rings. The highest BCUT2D eigenvalue weighted by molar-refractivity contribution is 5.60. The molecule has 0 aliphatic heterocycles. The molecule has 3 rings (SSSR count). The summed E-state index contributed by atoms with van der Waals surface area (Å²) in [6.45, 7) is 0. The second kappa shape index (κ2) is 4.57. The smallest absolute Gasteiger partial charge is 0.143 e. The molecule has 0 spiro atoms. The lowest BCUT2D eigenvalue weighted by molar-refractivity contribution is 0.187. The number of rotatable bonds is 2. The largest absolute Gasteiger partial charge is 0.495 e. The van der Waals surface area contributed by atoms with Gasteiger partial charge in [0.2, 0.25) is 0 Å². The van der Waals surface area contributed by atoms with Crippen LogP contribution in [0.4, 0.5) is 0 Å². The van der Waals surface area contributed by atoms with Gasteiger partial charge in [0.05, 0.1) is 25.0 Å². The monoisotopic (exact) mass is 257 g/mol. The van der Waals surface area contributed by atoms with Crippen molar-refractivity contribution in [2.45, 2.75) is 12.2 Å². The normalized spacial score (nSPS) is 21.2. The van der Waals surface area contributed by atoms with Crippen LogP contribution in [0.2, 0.25) is 0 Å². The van der Waals surface area contributed by atoms with Crippen LogP contribution >= 0.6 is 0 Å². The Morgan fingerprint density at radius 3 is 2.42 bits per heavy atom. The number of fused-ring (bicyclic) bond motifs is 1. The zero-order chi connectivity index (χ0) is 13.4. The second-order valence-corrected chi connectivity index (χ2v) is 4.48. The van der Waals surface area contributed by atoms with Crippen molar-refractivity contribution in [1.29, 1.82) is 0 Å². The van der Waals surface area contributed by atoms with E-state index in [1.807, 2.05) is 35.2 Å². The summed E-state index contributed by atoms with van der Waals surface area (Å²) < 4.78 is 7.26. The molecule has 1 aliphatic rings. The first-order valence-electron chi connectivity index (χ1n) is 6.11. The van der Waals surface area contributed by atoms with E-state index in [1.165, 1.54) is 0 Å². The number of nitrogens with zero attached hydrogens (tertiary/aromatic N) is 1. The van der Waals surface area contributed by atoms with Crippen molar-refractivity contribution in [2.75, 3.05) is 7.11 Å². The van der Waals surface area contributed by atoms with Gasteiger partial charge in [-0.05, 0) is 23.8 Å². The number of hydrogen-bond acceptors (Lipinski definition) is 3. The first-order valence-corrected chi connectivity index (χ1v) is 6.11. The number of methoxy groups -OCH3 is 1. The quantitative estimate of drug-likeness (QED) is 0.810. The van der Waals surface area contributed by atoms with Crippen LogP contribution in [-0.2, 0) is 0 Å². The fourth-order valence-corrected chi connectivity index (χ4v) is 2.50. The van der Waals surface area contributed by atoms with Crippen LogP contribution in [0.5, 0.6) is 5.75 Å². The fourth-order valence-electron chi connectivity index (χ4n) is 2.50. The van der Waals surface area contributed by atoms with Gasteiger partial charge >= 0.3 is 0 Å². The van der Waals surface area contributed by atoms with Gasteiger partial charge in [-0.3, -0.25) is 0 Å². The predicted octanol–water partition coefficient (Wildman–Crippen LogP) is 2.12. The van der Waals surface area contributed by atoms with Gasteiger partial charge in [-0.15, -0.1) is 0 Å². The number of benzene rings is 1. The van der Waals surface area contributed by atoms with E-state index < -0.39 is 12.2 Å². The summed E-state index contributed by atoms with van der Waals surface area (Å²) in [6, 6.07) is 7.41. The standard InChI is InChI=1S/C15H15NO3/c1-19-13-7-4-10-11(17)5-6-12(18)14(10)15(13)16-8-2-3-9-16/h2-9,11-12,17-18H,1H3. The Balaban J connectivity index is 2.30. The minimum atomic E-state index is -0.745. The molecule has 0 radical (unpaired) electrons. The van der Waals surface area contributed by atoms with Crippen molar-refractivity contribution in [3.8, 4) is 11.4 Å². The summed E-state index contributed by atoms with van der Waals surface area (Å²) in [6.07, 6.45) is 5.52. The molecule has 2 aromatic rings. The van der Waals surface area contributed by atoms with Gasteiger partial charge in [-0.25, -0.2) is 0 Å². The molecule has 98 valence electrons. The van der Waals surface area contributed by atoms with E-state index in [-0.39, 0.29) is 0 Å². The zero-order valence-corrected chi connectivity index (χ0v) is 10.5. The Bertz CT molecular complexity index is 617. The molecule has 4 heteroatoms. The van der Waals surface area contributed by atoms with Gasteiger partial charge in [0, 0.05) is 18.0 Å². The van der Waals surface area contributed by atoms with E-state index in [2.05, 4.69) is 0 Å². The van der Waals surface area contributed by atoms with Gasteiger partial charge in [0.25, 0.3) is 0 Å². The van der Waals surface area contributed by atoms with Crippen LogP contribution in [0.25, 0.3) is 5.69 Å². The zero-order valence-electron chi connectivity index (χ0n) is 10.5. The SMILES string of the molecule is COc1ccc2c(c1-n1cccc1)C(O)C=CC2O. The maximum absolute atomic E-state index is 10.2. The molecule has 0 amide bonds. The van der Waals surface area contributed by atoms with Gasteiger partial charge in [-0.1, -0.05) is 18.2 Å². The van der Waals surface area contributed by atoms with E-state index in [0.717, 1.165) is 5.69 Å². The third-order valence-corrected chi connectivity index (χ3v) is 3.39. The average Bonchev–Trinajstić information content (AvgIpc) is 2.95. The summed E-state index contributed by atoms with van der Waals surface area (Å²) >= 11 is 0. The second-order valence-electron chi connectivity index (χ2n) is 4.48. The molecule has 2 atom stereocenters. The lowest BCUT2D eigenvalue weighted by Crippen LogP contribution is -2.13. The fraction of sp³-hybridized carbons (Fsp3) is 0.200. The molecule has 4 nitrogen and oxygen atoms in total. The number of aromatic nitrogens is 1. The Morgan fingerprint density at radius 1 is 1.05 bits per heavy atom. The molecule has 0 bridgehead atoms. The summed E-state index contributed by atoms with van der Waals surface area (Å²) in [5, 5.41) is 20.2. The highest BCUT2D eigenvalue weighted by Crippen LogP contribution is 2.39. The number of hydrogen-bond donors (Lipinski definition) is 2. The minimum absolute atomic E-state index is 0.663. The lowest BCUT2D eigenvalue weighted by Gasteiger charge is -2.25. The van der Waals surface area contributed by atoms with E-state index >= 15 is 0 Å². The highest BCUT2D eigenvalue weighted by Gasteiger charge is 2.26. The van der Waals surface area contributed by atoms with Gasteiger partial charge in [0.1, 0.15) is 5.75 Å². The molecule has 0 saturated carbocycles. The van der Waals surface area contributed by atoms with Crippen molar-refractivity contribution in [2.24, 2.45) is 0 Å². The predicted molar refractivity (Wildman–Crippen MR) is 71.4 cm³/mol. The Labute approximate surface area is 111 Å². The highest BCUT2D eigenvalue weighted by atomic mass is 16.5. The van der Waals surface area contributed by atoms with E-state index in [0.29, 0.717) is 16.9 Å². The maximum atomic E-state index is 10.2. The van der Waals surface area contributed by atoms with Crippen LogP contribution < -0.4 is 4.74 Å². The van der Waals surface area contributed by atoms with E-state index in [4.69, 9.17) is 4.74 Å². The summed E-state index contributed by atoms with van der Waals surface area (Å²) in [5.41, 5.74) is 2.16. The van der Waals surface area contributed by atoms with E-state index in [9.17, 15) is 10.2 Å². The van der Waals surface area contributed by atoms with Gasteiger partial charge in [0.15, 0.2) is 0 Å². The van der Waals surface area contributed by atoms with Crippen LogP contribution in [0, 0.1) is 0 Å². The molecule has 0 saturated heterocycles. The minimum Gasteiger partial charge on any atom is -0.495 e. The van der Waals surface area contributed by atoms with Crippen molar-refractivity contribution < 1.29 is 14.9 Å². The molecular weight excluding hydrogens is 242 g/mol. The van der Waals surface area contributed by atoms with Gasteiger partial charge < -0.3 is 19.5 Å². The van der Waals surface area contributed by atoms with Crippen molar-refractivity contribution in [3.05, 3.63) is 59.9 Å².